The average Bonchev–Trinajstić information content (AvgIpc) is 2.92. The average molecular weight is 308 g/mol. The maximum Gasteiger partial charge on any atom is 0.253 e. The van der Waals surface area contributed by atoms with E-state index < -0.39 is 0 Å². The lowest BCUT2D eigenvalue weighted by Gasteiger charge is -2.19. The molecular weight excluding hydrogens is 292 g/mol. The fourth-order valence-corrected chi connectivity index (χ4v) is 2.66. The monoisotopic (exact) mass is 308 g/mol. The van der Waals surface area contributed by atoms with E-state index in [0.717, 1.165) is 16.5 Å². The van der Waals surface area contributed by atoms with Crippen LogP contribution >= 0.6 is 0 Å². The van der Waals surface area contributed by atoms with Gasteiger partial charge in [-0.2, -0.15) is 0 Å². The largest absolute Gasteiger partial charge is 0.287 e. The number of aromatic nitrogens is 1. The molecular formula is C18H16N2O3. The Morgan fingerprint density at radius 2 is 2.00 bits per heavy atom. The molecule has 0 atom stereocenters. The molecule has 1 aliphatic heterocycles. The van der Waals surface area contributed by atoms with Gasteiger partial charge in [0.1, 0.15) is 0 Å². The van der Waals surface area contributed by atoms with E-state index in [4.69, 9.17) is 0 Å². The number of hydrogen-bond donors (Lipinski definition) is 0. The lowest BCUT2D eigenvalue weighted by Crippen LogP contribution is -2.37. The highest BCUT2D eigenvalue weighted by Gasteiger charge is 2.19. The van der Waals surface area contributed by atoms with Gasteiger partial charge in [0, 0.05) is 36.7 Å². The SMILES string of the molecule is CC(=O)n1cc(/C=C/C(=O)N2CCC=CC2=O)c2ccccc21. The molecule has 2 amide bonds. The van der Waals surface area contributed by atoms with E-state index in [1.165, 1.54) is 24.0 Å². The van der Waals surface area contributed by atoms with E-state index in [-0.39, 0.29) is 17.7 Å². The highest BCUT2D eigenvalue weighted by molar-refractivity contribution is 6.08. The molecule has 0 fully saturated rings. The minimum atomic E-state index is -0.348. The normalized spacial score (nSPS) is 14.8. The molecule has 5 heteroatoms. The first-order chi connectivity index (χ1) is 11.1. The third-order valence-electron chi connectivity index (χ3n) is 3.80. The first-order valence-electron chi connectivity index (χ1n) is 7.39. The highest BCUT2D eigenvalue weighted by atomic mass is 16.2. The zero-order chi connectivity index (χ0) is 16.4. The fourth-order valence-electron chi connectivity index (χ4n) is 2.66. The Labute approximate surface area is 133 Å². The minimum absolute atomic E-state index is 0.0940. The summed E-state index contributed by atoms with van der Waals surface area (Å²) in [5.41, 5.74) is 1.56. The van der Waals surface area contributed by atoms with Crippen LogP contribution in [0.25, 0.3) is 17.0 Å². The number of para-hydroxylation sites is 1. The van der Waals surface area contributed by atoms with Gasteiger partial charge in [-0.3, -0.25) is 23.9 Å². The van der Waals surface area contributed by atoms with Gasteiger partial charge in [0.15, 0.2) is 0 Å². The van der Waals surface area contributed by atoms with Crippen molar-refractivity contribution in [2.45, 2.75) is 13.3 Å². The predicted octanol–water partition coefficient (Wildman–Crippen LogP) is 2.63. The summed E-state index contributed by atoms with van der Waals surface area (Å²) in [5.74, 6) is -0.736. The lowest BCUT2D eigenvalue weighted by molar-refractivity contribution is -0.139. The van der Waals surface area contributed by atoms with Crippen molar-refractivity contribution in [2.75, 3.05) is 6.54 Å². The molecule has 1 aromatic carbocycles. The molecule has 0 spiro atoms. The molecule has 0 bridgehead atoms. The van der Waals surface area contributed by atoms with Crippen LogP contribution in [0.3, 0.4) is 0 Å². The highest BCUT2D eigenvalue weighted by Crippen LogP contribution is 2.22. The molecule has 1 aliphatic rings. The molecule has 1 aromatic heterocycles. The summed E-state index contributed by atoms with van der Waals surface area (Å²) in [6.45, 7) is 1.89. The molecule has 0 radical (unpaired) electrons. The molecule has 3 rings (SSSR count). The Balaban J connectivity index is 1.92. The van der Waals surface area contributed by atoms with Crippen LogP contribution in [-0.4, -0.2) is 33.7 Å². The van der Waals surface area contributed by atoms with Gasteiger partial charge < -0.3 is 0 Å². The Morgan fingerprint density at radius 1 is 1.22 bits per heavy atom. The van der Waals surface area contributed by atoms with E-state index in [1.54, 1.807) is 22.9 Å². The second-order valence-electron chi connectivity index (χ2n) is 5.34. The minimum Gasteiger partial charge on any atom is -0.287 e. The first kappa shape index (κ1) is 15.0. The van der Waals surface area contributed by atoms with Crippen LogP contribution in [0.2, 0.25) is 0 Å². The summed E-state index contributed by atoms with van der Waals surface area (Å²) >= 11 is 0. The summed E-state index contributed by atoms with van der Waals surface area (Å²) in [6.07, 6.45) is 8.58. The predicted molar refractivity (Wildman–Crippen MR) is 87.7 cm³/mol. The van der Waals surface area contributed by atoms with Gasteiger partial charge in [-0.05, 0) is 24.6 Å². The Hall–Kier alpha value is -2.95. The molecule has 0 N–H and O–H groups in total. The standard InChI is InChI=1S/C18H16N2O3/c1-13(21)20-12-14(15-6-2-3-7-16(15)20)9-10-18(23)19-11-5-4-8-17(19)22/h2-4,6-10,12H,5,11H2,1H3/b10-9+. The first-order valence-corrected chi connectivity index (χ1v) is 7.39. The summed E-state index contributed by atoms with van der Waals surface area (Å²) < 4.78 is 1.55. The van der Waals surface area contributed by atoms with Crippen LogP contribution in [0.15, 0.2) is 48.7 Å². The van der Waals surface area contributed by atoms with Crippen LogP contribution in [0.4, 0.5) is 0 Å². The Kier molecular flexibility index (Phi) is 3.93. The van der Waals surface area contributed by atoms with Crippen LogP contribution in [0.5, 0.6) is 0 Å². The molecule has 0 saturated heterocycles. The number of carbonyl (C=O) groups is 3. The summed E-state index contributed by atoms with van der Waals surface area (Å²) in [6, 6.07) is 7.49. The third-order valence-corrected chi connectivity index (χ3v) is 3.80. The van der Waals surface area contributed by atoms with E-state index in [9.17, 15) is 14.4 Å². The van der Waals surface area contributed by atoms with Crippen molar-refractivity contribution < 1.29 is 14.4 Å². The van der Waals surface area contributed by atoms with Crippen LogP contribution in [0, 0.1) is 0 Å². The number of carbonyl (C=O) groups excluding carboxylic acids is 3. The quantitative estimate of drug-likeness (QED) is 0.801. The van der Waals surface area contributed by atoms with Gasteiger partial charge in [-0.1, -0.05) is 24.3 Å². The van der Waals surface area contributed by atoms with Crippen molar-refractivity contribution in [1.29, 1.82) is 0 Å². The second-order valence-corrected chi connectivity index (χ2v) is 5.34. The van der Waals surface area contributed by atoms with Crippen LogP contribution < -0.4 is 0 Å². The van der Waals surface area contributed by atoms with E-state index in [1.807, 2.05) is 24.3 Å². The number of amides is 2. The van der Waals surface area contributed by atoms with Gasteiger partial charge >= 0.3 is 0 Å². The van der Waals surface area contributed by atoms with Crippen molar-refractivity contribution in [2.24, 2.45) is 0 Å². The Bertz CT molecular complexity index is 858. The maximum atomic E-state index is 12.2. The van der Waals surface area contributed by atoms with Gasteiger partial charge in [-0.15, -0.1) is 0 Å². The molecule has 2 aromatic rings. The maximum absolute atomic E-state index is 12.2. The number of imide groups is 1. The molecule has 2 heterocycles. The lowest BCUT2D eigenvalue weighted by atomic mass is 10.1. The fraction of sp³-hybridized carbons (Fsp3) is 0.167. The second kappa shape index (κ2) is 6.04. The zero-order valence-electron chi connectivity index (χ0n) is 12.7. The van der Waals surface area contributed by atoms with E-state index in [0.29, 0.717) is 13.0 Å². The van der Waals surface area contributed by atoms with Gasteiger partial charge in [0.05, 0.1) is 5.52 Å². The molecule has 0 saturated carbocycles. The zero-order valence-corrected chi connectivity index (χ0v) is 12.7. The number of hydrogen-bond acceptors (Lipinski definition) is 3. The molecule has 0 aliphatic carbocycles. The topological polar surface area (TPSA) is 59.4 Å². The van der Waals surface area contributed by atoms with Crippen molar-refractivity contribution in [3.05, 3.63) is 54.3 Å². The van der Waals surface area contributed by atoms with Crippen molar-refractivity contribution in [3.63, 3.8) is 0 Å². The molecule has 116 valence electrons. The van der Waals surface area contributed by atoms with E-state index in [2.05, 4.69) is 0 Å². The van der Waals surface area contributed by atoms with E-state index >= 15 is 0 Å². The summed E-state index contributed by atoms with van der Waals surface area (Å²) in [7, 11) is 0. The number of benzene rings is 1. The molecule has 0 unspecified atom stereocenters. The van der Waals surface area contributed by atoms with Gasteiger partial charge in [-0.25, -0.2) is 0 Å². The number of rotatable bonds is 2. The summed E-state index contributed by atoms with van der Waals surface area (Å²) in [5, 5.41) is 0.886. The summed E-state index contributed by atoms with van der Waals surface area (Å²) in [4.78, 5) is 36.8. The number of nitrogens with zero attached hydrogens (tertiary/aromatic N) is 2. The van der Waals surface area contributed by atoms with Gasteiger partial charge in [0.25, 0.3) is 11.8 Å². The molecule has 5 nitrogen and oxygen atoms in total. The van der Waals surface area contributed by atoms with Crippen molar-refractivity contribution in [3.8, 4) is 0 Å². The smallest absolute Gasteiger partial charge is 0.253 e. The van der Waals surface area contributed by atoms with Crippen LogP contribution in [0.1, 0.15) is 23.7 Å². The van der Waals surface area contributed by atoms with Gasteiger partial charge in [0.2, 0.25) is 5.91 Å². The molecule has 23 heavy (non-hydrogen) atoms. The van der Waals surface area contributed by atoms with Crippen LogP contribution in [-0.2, 0) is 9.59 Å². The number of fused-ring (bicyclic) bond motifs is 1. The Morgan fingerprint density at radius 3 is 2.74 bits per heavy atom. The third kappa shape index (κ3) is 2.85. The van der Waals surface area contributed by atoms with Crippen molar-refractivity contribution >= 4 is 34.7 Å². The van der Waals surface area contributed by atoms with Crippen molar-refractivity contribution in [1.82, 2.24) is 9.47 Å².